The third-order valence-electron chi connectivity index (χ3n) is 8.05. The summed E-state index contributed by atoms with van der Waals surface area (Å²) in [6.45, 7) is 14.3. The van der Waals surface area contributed by atoms with E-state index >= 15 is 0 Å². The van der Waals surface area contributed by atoms with Crippen LogP contribution in [0.2, 0.25) is 0 Å². The van der Waals surface area contributed by atoms with Crippen LogP contribution < -0.4 is 0 Å². The molecule has 0 unspecified atom stereocenters. The molecule has 3 saturated heterocycles. The number of hydrogen-bond acceptors (Lipinski definition) is 4. The minimum atomic E-state index is -0.709. The monoisotopic (exact) mass is 518 g/mol. The maximum Gasteiger partial charge on any atom is 0.327 e. The third-order valence-corrected chi connectivity index (χ3v) is 8.05. The predicted molar refractivity (Wildman–Crippen MR) is 144 cm³/mol. The zero-order valence-electron chi connectivity index (χ0n) is 22.7. The van der Waals surface area contributed by atoms with Gasteiger partial charge in [-0.15, -0.1) is 12.4 Å². The van der Waals surface area contributed by atoms with Crippen LogP contribution >= 0.6 is 12.4 Å². The average Bonchev–Trinajstić information content (AvgIpc) is 3.29. The Balaban J connectivity index is 0.00000361. The van der Waals surface area contributed by atoms with Gasteiger partial charge in [0.2, 0.25) is 5.91 Å². The summed E-state index contributed by atoms with van der Waals surface area (Å²) in [5.41, 5.74) is 0.556. The fourth-order valence-electron chi connectivity index (χ4n) is 6.36. The highest BCUT2D eigenvalue weighted by Gasteiger charge is 2.57. The number of piperidine rings is 1. The molecule has 0 aromatic heterocycles. The van der Waals surface area contributed by atoms with Crippen LogP contribution in [0.5, 0.6) is 0 Å². The Morgan fingerprint density at radius 2 is 1.67 bits per heavy atom. The zero-order valence-corrected chi connectivity index (χ0v) is 23.5. The van der Waals surface area contributed by atoms with Crippen molar-refractivity contribution in [3.8, 4) is 0 Å². The van der Waals surface area contributed by atoms with Crippen molar-refractivity contribution in [2.24, 2.45) is 11.3 Å². The number of imide groups is 1. The fourth-order valence-corrected chi connectivity index (χ4v) is 6.36. The number of carbonyl (C=O) groups is 3. The molecule has 4 rings (SSSR count). The number of hydrogen-bond donors (Lipinski definition) is 0. The summed E-state index contributed by atoms with van der Waals surface area (Å²) in [4.78, 5) is 46.6. The van der Waals surface area contributed by atoms with Crippen molar-refractivity contribution in [2.75, 3.05) is 39.8 Å². The lowest BCUT2D eigenvalue weighted by Gasteiger charge is -2.44. The molecule has 0 radical (unpaired) electrons. The first-order chi connectivity index (χ1) is 16.4. The van der Waals surface area contributed by atoms with Crippen molar-refractivity contribution in [3.63, 3.8) is 0 Å². The number of likely N-dealkylation sites (tertiary alicyclic amines) is 2. The van der Waals surface area contributed by atoms with Gasteiger partial charge in [-0.05, 0) is 43.6 Å². The highest BCUT2D eigenvalue weighted by molar-refractivity contribution is 6.07. The van der Waals surface area contributed by atoms with E-state index in [4.69, 9.17) is 0 Å². The van der Waals surface area contributed by atoms with Crippen LogP contribution in [0.25, 0.3) is 0 Å². The molecule has 4 amide bonds. The molecule has 1 aromatic carbocycles. The normalized spacial score (nSPS) is 24.7. The van der Waals surface area contributed by atoms with Gasteiger partial charge in [0.05, 0.1) is 0 Å². The third kappa shape index (κ3) is 5.42. The summed E-state index contributed by atoms with van der Waals surface area (Å²) < 4.78 is 0. The molecule has 1 spiro atoms. The second-order valence-corrected chi connectivity index (χ2v) is 12.3. The molecule has 0 N–H and O–H groups in total. The first-order valence-corrected chi connectivity index (χ1v) is 13.1. The number of halogens is 1. The predicted octanol–water partition coefficient (Wildman–Crippen LogP) is 4.22. The van der Waals surface area contributed by atoms with Crippen molar-refractivity contribution in [2.45, 2.75) is 71.4 Å². The number of benzene rings is 1. The van der Waals surface area contributed by atoms with Crippen LogP contribution in [-0.4, -0.2) is 88.8 Å². The molecule has 0 aliphatic carbocycles. The van der Waals surface area contributed by atoms with E-state index in [0.717, 1.165) is 32.7 Å². The molecule has 3 aliphatic heterocycles. The Bertz CT molecular complexity index is 953. The van der Waals surface area contributed by atoms with Crippen molar-refractivity contribution in [1.82, 2.24) is 19.6 Å². The summed E-state index contributed by atoms with van der Waals surface area (Å²) in [5, 5.41) is 0. The molecule has 1 aromatic rings. The SMILES string of the molecule is CC(C)N1C(=O)N(C)C(=O)C12CCN(C[C@H]1CN(C(=O)CC(C)(C)C)C[C@@H]1c1ccccc1)CC2.Cl. The Kier molecular flexibility index (Phi) is 8.46. The number of nitrogens with zero attached hydrogens (tertiary/aromatic N) is 4. The topological polar surface area (TPSA) is 64.2 Å². The van der Waals surface area contributed by atoms with Crippen molar-refractivity contribution in [3.05, 3.63) is 35.9 Å². The van der Waals surface area contributed by atoms with E-state index in [-0.39, 0.29) is 41.7 Å². The Morgan fingerprint density at radius 3 is 2.22 bits per heavy atom. The molecule has 0 bridgehead atoms. The summed E-state index contributed by atoms with van der Waals surface area (Å²) in [6, 6.07) is 10.4. The quantitative estimate of drug-likeness (QED) is 0.547. The maximum atomic E-state index is 13.1. The summed E-state index contributed by atoms with van der Waals surface area (Å²) in [6.07, 6.45) is 1.88. The van der Waals surface area contributed by atoms with Gasteiger partial charge in [-0.3, -0.25) is 14.5 Å². The molecule has 3 heterocycles. The number of carbonyl (C=O) groups excluding carboxylic acids is 3. The largest absolute Gasteiger partial charge is 0.342 e. The van der Waals surface area contributed by atoms with Crippen molar-refractivity contribution in [1.29, 1.82) is 0 Å². The molecule has 3 fully saturated rings. The maximum absolute atomic E-state index is 13.1. The van der Waals surface area contributed by atoms with Gasteiger partial charge in [-0.2, -0.15) is 0 Å². The zero-order chi connectivity index (χ0) is 25.5. The molecule has 0 saturated carbocycles. The van der Waals surface area contributed by atoms with Crippen LogP contribution in [0.3, 0.4) is 0 Å². The average molecular weight is 519 g/mol. The van der Waals surface area contributed by atoms with E-state index in [2.05, 4.69) is 54.8 Å². The van der Waals surface area contributed by atoms with E-state index < -0.39 is 5.54 Å². The molecular formula is C28H43ClN4O3. The Morgan fingerprint density at radius 1 is 1.06 bits per heavy atom. The lowest BCUT2D eigenvalue weighted by molar-refractivity contribution is -0.135. The smallest absolute Gasteiger partial charge is 0.327 e. The second kappa shape index (κ2) is 10.7. The summed E-state index contributed by atoms with van der Waals surface area (Å²) >= 11 is 0. The van der Waals surface area contributed by atoms with E-state index in [1.807, 2.05) is 24.8 Å². The van der Waals surface area contributed by atoms with E-state index in [1.165, 1.54) is 10.5 Å². The van der Waals surface area contributed by atoms with Gasteiger partial charge in [0.25, 0.3) is 5.91 Å². The van der Waals surface area contributed by atoms with Gasteiger partial charge < -0.3 is 14.7 Å². The first-order valence-electron chi connectivity index (χ1n) is 13.1. The second-order valence-electron chi connectivity index (χ2n) is 12.3. The van der Waals surface area contributed by atoms with Gasteiger partial charge in [0.1, 0.15) is 5.54 Å². The Labute approximate surface area is 222 Å². The minimum Gasteiger partial charge on any atom is -0.342 e. The van der Waals surface area contributed by atoms with Crippen LogP contribution in [0.1, 0.15) is 65.4 Å². The van der Waals surface area contributed by atoms with Gasteiger partial charge in [-0.1, -0.05) is 51.1 Å². The Hall–Kier alpha value is -2.12. The number of urea groups is 1. The van der Waals surface area contributed by atoms with E-state index in [0.29, 0.717) is 31.1 Å². The van der Waals surface area contributed by atoms with E-state index in [9.17, 15) is 14.4 Å². The van der Waals surface area contributed by atoms with Crippen LogP contribution in [0, 0.1) is 11.3 Å². The van der Waals surface area contributed by atoms with Gasteiger partial charge in [0, 0.05) is 58.2 Å². The van der Waals surface area contributed by atoms with Crippen LogP contribution in [0.15, 0.2) is 30.3 Å². The van der Waals surface area contributed by atoms with Crippen molar-refractivity contribution < 1.29 is 14.4 Å². The van der Waals surface area contributed by atoms with E-state index in [1.54, 1.807) is 7.05 Å². The molecule has 36 heavy (non-hydrogen) atoms. The van der Waals surface area contributed by atoms with Gasteiger partial charge in [-0.25, -0.2) is 4.79 Å². The molecule has 8 heteroatoms. The molecular weight excluding hydrogens is 476 g/mol. The summed E-state index contributed by atoms with van der Waals surface area (Å²) in [5.74, 6) is 0.839. The lowest BCUT2D eigenvalue weighted by atomic mass is 9.83. The first kappa shape index (κ1) is 28.5. The highest BCUT2D eigenvalue weighted by atomic mass is 35.5. The number of rotatable bonds is 5. The van der Waals surface area contributed by atoms with Crippen LogP contribution in [0.4, 0.5) is 4.79 Å². The number of amides is 4. The standard InChI is InChI=1S/C28H42N4O3.ClH/c1-20(2)32-26(35)29(6)25(34)28(32)12-14-30(15-13-28)17-22-18-31(24(33)16-27(3,4)5)19-23(22)21-10-8-7-9-11-21;/h7-11,20,22-23H,12-19H2,1-6H3;1H/t22-,23+;/m0./s1. The van der Waals surface area contributed by atoms with Gasteiger partial charge in [0.15, 0.2) is 0 Å². The summed E-state index contributed by atoms with van der Waals surface area (Å²) in [7, 11) is 1.60. The minimum absolute atomic E-state index is 0. The molecule has 2 atom stereocenters. The van der Waals surface area contributed by atoms with Crippen molar-refractivity contribution >= 4 is 30.3 Å². The van der Waals surface area contributed by atoms with Crippen LogP contribution in [-0.2, 0) is 9.59 Å². The molecule has 3 aliphatic rings. The molecule has 200 valence electrons. The lowest BCUT2D eigenvalue weighted by Crippen LogP contribution is -2.58. The highest BCUT2D eigenvalue weighted by Crippen LogP contribution is 2.40. The number of likely N-dealkylation sites (N-methyl/N-ethyl adjacent to an activating group) is 1. The fraction of sp³-hybridized carbons (Fsp3) is 0.679. The molecule has 7 nitrogen and oxygen atoms in total. The van der Waals surface area contributed by atoms with Gasteiger partial charge >= 0.3 is 6.03 Å².